The standard InChI is InChI=1S/C14H18BrN3O2S/c1-11-16-14(10-18(11)2)21(19,20)17-13(9-15)8-12-6-4-3-5-7-12/h3-7,10,13,17H,8-9H2,1-2H3. The number of nitrogens with zero attached hydrogens (tertiary/aromatic N) is 2. The second kappa shape index (κ2) is 6.72. The van der Waals surface area contributed by atoms with E-state index in [2.05, 4.69) is 25.6 Å². The molecule has 1 unspecified atom stereocenters. The second-order valence-corrected chi connectivity index (χ2v) is 7.21. The van der Waals surface area contributed by atoms with Gasteiger partial charge in [-0.1, -0.05) is 46.3 Å². The molecule has 0 fully saturated rings. The predicted molar refractivity (Wildman–Crippen MR) is 86.0 cm³/mol. The first-order chi connectivity index (χ1) is 9.92. The number of nitrogens with one attached hydrogen (secondary N) is 1. The molecule has 2 rings (SSSR count). The summed E-state index contributed by atoms with van der Waals surface area (Å²) in [6.45, 7) is 1.77. The van der Waals surface area contributed by atoms with E-state index < -0.39 is 10.0 Å². The molecule has 0 saturated heterocycles. The molecule has 21 heavy (non-hydrogen) atoms. The molecule has 1 aromatic carbocycles. The molecule has 1 atom stereocenters. The van der Waals surface area contributed by atoms with E-state index in [4.69, 9.17) is 0 Å². The number of hydrogen-bond donors (Lipinski definition) is 1. The summed E-state index contributed by atoms with van der Waals surface area (Å²) in [5.74, 6) is 0.661. The Morgan fingerprint density at radius 2 is 2.00 bits per heavy atom. The van der Waals surface area contributed by atoms with Crippen LogP contribution in [-0.2, 0) is 23.5 Å². The normalized spacial score (nSPS) is 13.3. The molecule has 0 amide bonds. The minimum atomic E-state index is -3.61. The molecular weight excluding hydrogens is 354 g/mol. The van der Waals surface area contributed by atoms with Crippen molar-refractivity contribution < 1.29 is 8.42 Å². The number of alkyl halides is 1. The predicted octanol–water partition coefficient (Wildman–Crippen LogP) is 2.01. The average molecular weight is 372 g/mol. The van der Waals surface area contributed by atoms with Gasteiger partial charge >= 0.3 is 0 Å². The van der Waals surface area contributed by atoms with Gasteiger partial charge in [-0.25, -0.2) is 18.1 Å². The van der Waals surface area contributed by atoms with Crippen molar-refractivity contribution in [3.05, 3.63) is 47.9 Å². The molecule has 1 heterocycles. The van der Waals surface area contributed by atoms with Crippen LogP contribution in [0.2, 0.25) is 0 Å². The molecule has 0 aliphatic carbocycles. The molecule has 1 aromatic heterocycles. The third kappa shape index (κ3) is 4.15. The summed E-state index contributed by atoms with van der Waals surface area (Å²) in [6, 6.07) is 9.56. The van der Waals surface area contributed by atoms with Crippen molar-refractivity contribution in [2.45, 2.75) is 24.4 Å². The Balaban J connectivity index is 2.14. The number of hydrogen-bond acceptors (Lipinski definition) is 3. The molecule has 0 saturated carbocycles. The van der Waals surface area contributed by atoms with Crippen molar-refractivity contribution in [1.29, 1.82) is 0 Å². The van der Waals surface area contributed by atoms with Crippen LogP contribution >= 0.6 is 15.9 Å². The Hall–Kier alpha value is -1.18. The van der Waals surface area contributed by atoms with E-state index >= 15 is 0 Å². The fraction of sp³-hybridized carbons (Fsp3) is 0.357. The van der Waals surface area contributed by atoms with Crippen LogP contribution in [0, 0.1) is 6.92 Å². The maximum Gasteiger partial charge on any atom is 0.259 e. The van der Waals surface area contributed by atoms with E-state index in [1.165, 1.54) is 6.20 Å². The quantitative estimate of drug-likeness (QED) is 0.789. The number of rotatable bonds is 6. The van der Waals surface area contributed by atoms with E-state index in [1.54, 1.807) is 18.5 Å². The minimum Gasteiger partial charge on any atom is -0.337 e. The Labute approximate surface area is 133 Å². The van der Waals surface area contributed by atoms with Crippen molar-refractivity contribution in [3.63, 3.8) is 0 Å². The zero-order valence-electron chi connectivity index (χ0n) is 12.0. The van der Waals surface area contributed by atoms with Crippen LogP contribution in [0.25, 0.3) is 0 Å². The Morgan fingerprint density at radius 3 is 2.52 bits per heavy atom. The van der Waals surface area contributed by atoms with Crippen molar-refractivity contribution in [2.24, 2.45) is 7.05 Å². The molecule has 0 aliphatic rings. The molecule has 1 N–H and O–H groups in total. The van der Waals surface area contributed by atoms with Gasteiger partial charge < -0.3 is 4.57 Å². The van der Waals surface area contributed by atoms with E-state index in [0.29, 0.717) is 17.6 Å². The third-order valence-electron chi connectivity index (χ3n) is 3.19. The molecule has 0 aliphatic heterocycles. The first kappa shape index (κ1) is 16.2. The summed E-state index contributed by atoms with van der Waals surface area (Å²) in [6.07, 6.45) is 2.14. The van der Waals surface area contributed by atoms with Gasteiger partial charge in [0, 0.05) is 24.6 Å². The summed E-state index contributed by atoms with van der Waals surface area (Å²) in [4.78, 5) is 4.07. The molecule has 2 aromatic rings. The van der Waals surface area contributed by atoms with Gasteiger partial charge in [0.25, 0.3) is 10.0 Å². The van der Waals surface area contributed by atoms with Crippen LogP contribution < -0.4 is 4.72 Å². The largest absolute Gasteiger partial charge is 0.337 e. The lowest BCUT2D eigenvalue weighted by molar-refractivity contribution is 0.559. The smallest absolute Gasteiger partial charge is 0.259 e. The highest BCUT2D eigenvalue weighted by atomic mass is 79.9. The highest BCUT2D eigenvalue weighted by Crippen LogP contribution is 2.11. The maximum absolute atomic E-state index is 12.3. The lowest BCUT2D eigenvalue weighted by atomic mass is 10.1. The topological polar surface area (TPSA) is 64.0 Å². The zero-order chi connectivity index (χ0) is 15.5. The maximum atomic E-state index is 12.3. The van der Waals surface area contributed by atoms with E-state index in [1.807, 2.05) is 30.3 Å². The Morgan fingerprint density at radius 1 is 1.33 bits per heavy atom. The van der Waals surface area contributed by atoms with Crippen LogP contribution in [0.3, 0.4) is 0 Å². The fourth-order valence-corrected chi connectivity index (χ4v) is 3.84. The average Bonchev–Trinajstić information content (AvgIpc) is 2.80. The van der Waals surface area contributed by atoms with Crippen molar-refractivity contribution >= 4 is 26.0 Å². The molecule has 114 valence electrons. The van der Waals surface area contributed by atoms with Crippen molar-refractivity contribution in [3.8, 4) is 0 Å². The van der Waals surface area contributed by atoms with Crippen LogP contribution in [0.15, 0.2) is 41.6 Å². The molecular formula is C14H18BrN3O2S. The minimum absolute atomic E-state index is 0.0570. The number of sulfonamides is 1. The lowest BCUT2D eigenvalue weighted by Crippen LogP contribution is -2.37. The van der Waals surface area contributed by atoms with E-state index in [9.17, 15) is 8.42 Å². The van der Waals surface area contributed by atoms with Crippen LogP contribution in [0.5, 0.6) is 0 Å². The van der Waals surface area contributed by atoms with Gasteiger partial charge in [-0.3, -0.25) is 0 Å². The Bertz CT molecular complexity index is 679. The highest BCUT2D eigenvalue weighted by Gasteiger charge is 2.22. The summed E-state index contributed by atoms with van der Waals surface area (Å²) >= 11 is 3.37. The SMILES string of the molecule is Cc1nc(S(=O)(=O)NC(CBr)Cc2ccccc2)cn1C. The van der Waals surface area contributed by atoms with Gasteiger partial charge in [0.2, 0.25) is 0 Å². The van der Waals surface area contributed by atoms with Crippen molar-refractivity contribution in [1.82, 2.24) is 14.3 Å². The summed E-state index contributed by atoms with van der Waals surface area (Å²) in [7, 11) is -1.83. The van der Waals surface area contributed by atoms with E-state index in [-0.39, 0.29) is 11.1 Å². The van der Waals surface area contributed by atoms with Crippen LogP contribution in [0.4, 0.5) is 0 Å². The lowest BCUT2D eigenvalue weighted by Gasteiger charge is -2.15. The number of halogens is 1. The summed E-state index contributed by atoms with van der Waals surface area (Å²) in [5, 5.41) is 0.592. The Kier molecular flexibility index (Phi) is 5.18. The molecule has 7 heteroatoms. The first-order valence-electron chi connectivity index (χ1n) is 6.54. The van der Waals surface area contributed by atoms with Crippen LogP contribution in [-0.4, -0.2) is 29.3 Å². The van der Waals surface area contributed by atoms with Crippen molar-refractivity contribution in [2.75, 3.05) is 5.33 Å². The summed E-state index contributed by atoms with van der Waals surface area (Å²) < 4.78 is 29.1. The third-order valence-corrected chi connectivity index (χ3v) is 5.37. The number of imidazole rings is 1. The number of aromatic nitrogens is 2. The molecule has 0 spiro atoms. The summed E-state index contributed by atoms with van der Waals surface area (Å²) in [5.41, 5.74) is 1.09. The van der Waals surface area contributed by atoms with Gasteiger partial charge in [0.1, 0.15) is 5.82 Å². The van der Waals surface area contributed by atoms with Gasteiger partial charge in [-0.05, 0) is 18.9 Å². The zero-order valence-corrected chi connectivity index (χ0v) is 14.4. The van der Waals surface area contributed by atoms with Gasteiger partial charge in [0.15, 0.2) is 5.03 Å². The number of aryl methyl sites for hydroxylation is 2. The molecule has 0 bridgehead atoms. The highest BCUT2D eigenvalue weighted by molar-refractivity contribution is 9.09. The molecule has 0 radical (unpaired) electrons. The van der Waals surface area contributed by atoms with Crippen LogP contribution in [0.1, 0.15) is 11.4 Å². The van der Waals surface area contributed by atoms with Gasteiger partial charge in [-0.15, -0.1) is 0 Å². The monoisotopic (exact) mass is 371 g/mol. The van der Waals surface area contributed by atoms with Gasteiger partial charge in [-0.2, -0.15) is 0 Å². The first-order valence-corrected chi connectivity index (χ1v) is 9.15. The van der Waals surface area contributed by atoms with Gasteiger partial charge in [0.05, 0.1) is 0 Å². The van der Waals surface area contributed by atoms with E-state index in [0.717, 1.165) is 5.56 Å². The second-order valence-electron chi connectivity index (χ2n) is 4.90. The number of benzene rings is 1. The fourth-order valence-electron chi connectivity index (χ4n) is 1.96. The molecule has 5 nitrogen and oxygen atoms in total.